The Kier molecular flexibility index (Phi) is 95.6. The zero-order valence-corrected chi connectivity index (χ0v) is 10.7. The van der Waals surface area contributed by atoms with Crippen LogP contribution in [-0.4, -0.2) is 12.3 Å². The molecule has 0 aliphatic rings. The second-order valence-corrected chi connectivity index (χ2v) is 2.23. The summed E-state index contributed by atoms with van der Waals surface area (Å²) in [5.74, 6) is 0. The van der Waals surface area contributed by atoms with Gasteiger partial charge in [-0.3, -0.25) is 0 Å². The van der Waals surface area contributed by atoms with Gasteiger partial charge in [0.15, 0.2) is 0 Å². The molecule has 0 amide bonds. The van der Waals surface area contributed by atoms with Crippen LogP contribution in [0.1, 0.15) is 0 Å². The van der Waals surface area contributed by atoms with E-state index < -0.39 is 0 Å². The van der Waals surface area contributed by atoms with Gasteiger partial charge in [-0.05, 0) is 12.3 Å². The van der Waals surface area contributed by atoms with Gasteiger partial charge >= 0.3 is 0 Å². The van der Waals surface area contributed by atoms with E-state index in [0.717, 1.165) is 0 Å². The first-order valence-corrected chi connectivity index (χ1v) is 4.36. The van der Waals surface area contributed by atoms with Crippen LogP contribution in [0.15, 0.2) is 37.8 Å². The van der Waals surface area contributed by atoms with Crippen molar-refractivity contribution in [1.82, 2.24) is 0 Å². The third kappa shape index (κ3) is 329. The monoisotopic (exact) mass is 277 g/mol. The first kappa shape index (κ1) is 22.5. The Balaban J connectivity index is -0.0000000325. The number of hydrogen-bond donors (Lipinski definition) is 0. The summed E-state index contributed by atoms with van der Waals surface area (Å²) in [4.78, 5) is 0. The van der Waals surface area contributed by atoms with Crippen LogP contribution in [0.25, 0.3) is 0 Å². The summed E-state index contributed by atoms with van der Waals surface area (Å²) in [7, 11) is 5.27. The Bertz CT molecular complexity index is 84.7. The average Bonchev–Trinajstić information content (AvgIpc) is 1.91. The maximum absolute atomic E-state index is 3.12. The summed E-state index contributed by atoms with van der Waals surface area (Å²) < 4.78 is 0. The predicted octanol–water partition coefficient (Wildman–Crippen LogP) is 2.65. The Morgan fingerprint density at radius 2 is 0.909 bits per heavy atom. The van der Waals surface area contributed by atoms with Gasteiger partial charge in [0.05, 0.1) is 0 Å². The van der Waals surface area contributed by atoms with Gasteiger partial charge in [0.2, 0.25) is 0 Å². The molecule has 0 N–H and O–H groups in total. The molecule has 0 aromatic carbocycles. The molecule has 2 atom stereocenters. The third-order valence-electron chi connectivity index (χ3n) is 0.167. The van der Waals surface area contributed by atoms with E-state index in [9.17, 15) is 0 Å². The molecule has 2 unspecified atom stereocenters. The fourth-order valence-electron chi connectivity index (χ4n) is 0. The molecule has 0 saturated carbocycles. The summed E-state index contributed by atoms with van der Waals surface area (Å²) in [6, 6.07) is 0. The van der Waals surface area contributed by atoms with Gasteiger partial charge in [-0.2, -0.15) is 0 Å². The molecule has 0 heterocycles. The van der Waals surface area contributed by atoms with Crippen LogP contribution >= 0.6 is 18.5 Å². The fraction of sp³-hybridized carbons (Fsp3) is 0.250. The average molecular weight is 277 g/mol. The minimum Gasteiger partial charge on any atom is -0.137 e. The molecule has 0 rings (SSSR count). The fourth-order valence-corrected chi connectivity index (χ4v) is 0. The molecule has 0 aliphatic heterocycles. The number of rotatable bonds is 1. The van der Waals surface area contributed by atoms with Gasteiger partial charge in [-0.25, -0.2) is 0 Å². The van der Waals surface area contributed by atoms with Crippen LogP contribution < -0.4 is 0 Å². The van der Waals surface area contributed by atoms with Crippen molar-refractivity contribution in [3.8, 4) is 0 Å². The van der Waals surface area contributed by atoms with Crippen molar-refractivity contribution in [2.45, 2.75) is 0 Å². The molecule has 0 fully saturated rings. The molecule has 11 heavy (non-hydrogen) atoms. The van der Waals surface area contributed by atoms with E-state index in [0.29, 0.717) is 0 Å². The topological polar surface area (TPSA) is 0 Å². The molecule has 0 nitrogen and oxygen atoms in total. The van der Waals surface area contributed by atoms with Gasteiger partial charge in [0.25, 0.3) is 0 Å². The van der Waals surface area contributed by atoms with E-state index in [4.69, 9.17) is 0 Å². The van der Waals surface area contributed by atoms with Crippen molar-refractivity contribution >= 4 is 18.5 Å². The van der Waals surface area contributed by atoms with E-state index in [1.54, 1.807) is 0 Å². The Morgan fingerprint density at radius 1 is 0.818 bits per heavy atom. The summed E-state index contributed by atoms with van der Waals surface area (Å²) in [6.45, 7) is 12.5. The quantitative estimate of drug-likeness (QED) is 0.392. The normalized spacial score (nSPS) is 4.18. The zero-order valence-electron chi connectivity index (χ0n) is 6.73. The van der Waals surface area contributed by atoms with Gasteiger partial charge in [-0.1, -0.05) is 26.3 Å². The summed E-state index contributed by atoms with van der Waals surface area (Å²) in [5, 5.41) is 0. The molecule has 1 radical (unpaired) electrons. The van der Waals surface area contributed by atoms with Crippen molar-refractivity contribution in [1.29, 1.82) is 0 Å². The Labute approximate surface area is 88.1 Å². The van der Waals surface area contributed by atoms with Gasteiger partial charge in [0, 0.05) is 19.5 Å². The van der Waals surface area contributed by atoms with Gasteiger partial charge in [-0.15, -0.1) is 29.9 Å². The van der Waals surface area contributed by atoms with Crippen LogP contribution in [0.4, 0.5) is 0 Å². The zero-order chi connectivity index (χ0) is 8.83. The van der Waals surface area contributed by atoms with Crippen LogP contribution in [-0.2, 0) is 19.5 Å². The second-order valence-electron chi connectivity index (χ2n) is 1.08. The minimum atomic E-state index is 0. The van der Waals surface area contributed by atoms with Crippen LogP contribution in [0.5, 0.6) is 0 Å². The van der Waals surface area contributed by atoms with E-state index in [1.165, 1.54) is 12.3 Å². The van der Waals surface area contributed by atoms with Crippen molar-refractivity contribution in [3.63, 3.8) is 0 Å². The molecule has 0 aromatic rings. The van der Waals surface area contributed by atoms with Crippen molar-refractivity contribution in [2.24, 2.45) is 0 Å². The van der Waals surface area contributed by atoms with Crippen molar-refractivity contribution < 1.29 is 19.5 Å². The SMILES string of the molecule is C=C=C.C=C=C.PCCP.[Rh]. The maximum Gasteiger partial charge on any atom is 0 e. The van der Waals surface area contributed by atoms with Crippen LogP contribution in [0.2, 0.25) is 0 Å². The molecular weight excluding hydrogens is 261 g/mol. The summed E-state index contributed by atoms with van der Waals surface area (Å²) in [6.07, 6.45) is 2.40. The molecule has 0 spiro atoms. The second kappa shape index (κ2) is 46.6. The van der Waals surface area contributed by atoms with Gasteiger partial charge < -0.3 is 0 Å². The van der Waals surface area contributed by atoms with Crippen molar-refractivity contribution in [2.75, 3.05) is 12.3 Å². The molecule has 3 heteroatoms. The molecule has 0 saturated heterocycles. The summed E-state index contributed by atoms with van der Waals surface area (Å²) >= 11 is 0. The molecule has 67 valence electrons. The smallest absolute Gasteiger partial charge is 0 e. The van der Waals surface area contributed by atoms with E-state index in [2.05, 4.69) is 56.3 Å². The standard InChI is InChI=1S/2C3H4.C2H8P2.Rh/c2*1-3-2;3-1-2-4;/h2*1-2H2;1-4H2;. The Hall–Kier alpha value is 0.523. The molecule has 0 bridgehead atoms. The molecule has 0 aliphatic carbocycles. The maximum atomic E-state index is 3.12. The minimum absolute atomic E-state index is 0. The van der Waals surface area contributed by atoms with Gasteiger partial charge in [0.1, 0.15) is 0 Å². The predicted molar refractivity (Wildman–Crippen MR) is 58.7 cm³/mol. The largest absolute Gasteiger partial charge is 0.137 e. The molecular formula is C8H16P2Rh. The molecule has 0 aromatic heterocycles. The summed E-state index contributed by atoms with van der Waals surface area (Å²) in [5.41, 5.74) is 4.50. The van der Waals surface area contributed by atoms with Crippen LogP contribution in [0.3, 0.4) is 0 Å². The number of hydrogen-bond acceptors (Lipinski definition) is 0. The van der Waals surface area contributed by atoms with Crippen molar-refractivity contribution in [3.05, 3.63) is 37.8 Å². The van der Waals surface area contributed by atoms with E-state index >= 15 is 0 Å². The van der Waals surface area contributed by atoms with E-state index in [-0.39, 0.29) is 19.5 Å². The van der Waals surface area contributed by atoms with Crippen LogP contribution in [0, 0.1) is 0 Å². The third-order valence-corrected chi connectivity index (χ3v) is 1.50. The first-order chi connectivity index (χ1) is 4.74. The Morgan fingerprint density at radius 3 is 0.909 bits per heavy atom. The van der Waals surface area contributed by atoms with E-state index in [1.807, 2.05) is 0 Å². The first-order valence-electron chi connectivity index (χ1n) is 2.73.